The number of hydrogen-bond acceptors (Lipinski definition) is 4. The summed E-state index contributed by atoms with van der Waals surface area (Å²) in [6.07, 6.45) is 1.30. The molecular weight excluding hydrogens is 289 g/mol. The number of benzene rings is 2. The van der Waals surface area contributed by atoms with Gasteiger partial charge in [-0.15, -0.1) is 0 Å². The third kappa shape index (κ3) is 3.72. The number of halogens is 1. The molecule has 0 spiro atoms. The largest absolute Gasteiger partial charge is 0.272 e. The average molecular weight is 301 g/mol. The van der Waals surface area contributed by atoms with Crippen molar-refractivity contribution in [2.24, 2.45) is 5.10 Å². The molecular formula is C15H12FN3O3. The van der Waals surface area contributed by atoms with Gasteiger partial charge < -0.3 is 0 Å². The molecule has 1 amide bonds. The zero-order valence-electron chi connectivity index (χ0n) is 11.6. The number of hydrazone groups is 1. The third-order valence-electron chi connectivity index (χ3n) is 2.92. The lowest BCUT2D eigenvalue weighted by molar-refractivity contribution is -0.385. The van der Waals surface area contributed by atoms with E-state index in [0.29, 0.717) is 11.1 Å². The molecule has 0 fully saturated rings. The van der Waals surface area contributed by atoms with E-state index in [-0.39, 0.29) is 11.3 Å². The van der Waals surface area contributed by atoms with Gasteiger partial charge in [-0.1, -0.05) is 12.1 Å². The molecule has 6 nitrogen and oxygen atoms in total. The zero-order chi connectivity index (χ0) is 16.1. The van der Waals surface area contributed by atoms with Gasteiger partial charge in [0.15, 0.2) is 0 Å². The second-order valence-electron chi connectivity index (χ2n) is 4.51. The first-order valence-electron chi connectivity index (χ1n) is 6.31. The number of aryl methyl sites for hydroxylation is 1. The van der Waals surface area contributed by atoms with E-state index in [4.69, 9.17) is 0 Å². The SMILES string of the molecule is Cc1ccc(/C=N\NC(=O)c2ccc(F)cc2)cc1[N+](=O)[O-]. The Labute approximate surface area is 125 Å². The number of nitrogens with one attached hydrogen (secondary N) is 1. The lowest BCUT2D eigenvalue weighted by Crippen LogP contribution is -2.17. The Morgan fingerprint density at radius 3 is 2.59 bits per heavy atom. The van der Waals surface area contributed by atoms with Crippen LogP contribution in [0.5, 0.6) is 0 Å². The second-order valence-corrected chi connectivity index (χ2v) is 4.51. The molecule has 0 bridgehead atoms. The van der Waals surface area contributed by atoms with Crippen molar-refractivity contribution in [2.75, 3.05) is 0 Å². The molecule has 1 N–H and O–H groups in total. The van der Waals surface area contributed by atoms with Gasteiger partial charge >= 0.3 is 0 Å². The number of carbonyl (C=O) groups excluding carboxylic acids is 1. The summed E-state index contributed by atoms with van der Waals surface area (Å²) >= 11 is 0. The minimum Gasteiger partial charge on any atom is -0.267 e. The first-order chi connectivity index (χ1) is 10.5. The minimum atomic E-state index is -0.502. The van der Waals surface area contributed by atoms with Crippen molar-refractivity contribution in [3.63, 3.8) is 0 Å². The van der Waals surface area contributed by atoms with Crippen LogP contribution in [0.3, 0.4) is 0 Å². The molecule has 0 saturated heterocycles. The number of nitrogens with zero attached hydrogens (tertiary/aromatic N) is 2. The average Bonchev–Trinajstić information content (AvgIpc) is 2.49. The van der Waals surface area contributed by atoms with Crippen molar-refractivity contribution in [1.29, 1.82) is 0 Å². The van der Waals surface area contributed by atoms with Crippen LogP contribution in [0.4, 0.5) is 10.1 Å². The summed E-state index contributed by atoms with van der Waals surface area (Å²) in [6, 6.07) is 9.61. The molecule has 7 heteroatoms. The number of amides is 1. The molecule has 0 aliphatic rings. The summed E-state index contributed by atoms with van der Waals surface area (Å²) in [5.41, 5.74) is 3.53. The third-order valence-corrected chi connectivity index (χ3v) is 2.92. The summed E-state index contributed by atoms with van der Waals surface area (Å²) in [6.45, 7) is 1.63. The molecule has 0 unspecified atom stereocenters. The van der Waals surface area contributed by atoms with Gasteiger partial charge in [0.2, 0.25) is 0 Å². The first kappa shape index (κ1) is 15.3. The van der Waals surface area contributed by atoms with E-state index in [1.54, 1.807) is 19.1 Å². The summed E-state index contributed by atoms with van der Waals surface area (Å²) in [5, 5.41) is 14.6. The molecule has 0 saturated carbocycles. The van der Waals surface area contributed by atoms with Gasteiger partial charge in [0.1, 0.15) is 5.82 Å². The molecule has 2 rings (SSSR count). The van der Waals surface area contributed by atoms with Crippen LogP contribution in [-0.4, -0.2) is 17.0 Å². The van der Waals surface area contributed by atoms with Crippen molar-refractivity contribution in [2.45, 2.75) is 6.92 Å². The van der Waals surface area contributed by atoms with E-state index >= 15 is 0 Å². The van der Waals surface area contributed by atoms with Crippen LogP contribution in [0.25, 0.3) is 0 Å². The molecule has 0 aliphatic heterocycles. The van der Waals surface area contributed by atoms with Crippen molar-refractivity contribution in [3.05, 3.63) is 75.1 Å². The molecule has 0 aliphatic carbocycles. The fraction of sp³-hybridized carbons (Fsp3) is 0.0667. The van der Waals surface area contributed by atoms with E-state index in [2.05, 4.69) is 10.5 Å². The van der Waals surface area contributed by atoms with Gasteiger partial charge in [0, 0.05) is 22.8 Å². The Balaban J connectivity index is 2.06. The predicted octanol–water partition coefficient (Wildman–Crippen LogP) is 2.81. The summed E-state index contributed by atoms with van der Waals surface area (Å²) in [7, 11) is 0. The van der Waals surface area contributed by atoms with Crippen molar-refractivity contribution in [3.8, 4) is 0 Å². The lowest BCUT2D eigenvalue weighted by atomic mass is 10.1. The van der Waals surface area contributed by atoms with E-state index < -0.39 is 16.6 Å². The molecule has 0 aromatic heterocycles. The maximum atomic E-state index is 12.7. The smallest absolute Gasteiger partial charge is 0.267 e. The van der Waals surface area contributed by atoms with Gasteiger partial charge in [0.05, 0.1) is 11.1 Å². The van der Waals surface area contributed by atoms with Gasteiger partial charge in [-0.2, -0.15) is 5.10 Å². The summed E-state index contributed by atoms with van der Waals surface area (Å²) in [4.78, 5) is 22.1. The van der Waals surface area contributed by atoms with Crippen LogP contribution in [-0.2, 0) is 0 Å². The topological polar surface area (TPSA) is 84.6 Å². The van der Waals surface area contributed by atoms with Gasteiger partial charge in [-0.05, 0) is 31.2 Å². The quantitative estimate of drug-likeness (QED) is 0.535. The maximum Gasteiger partial charge on any atom is 0.272 e. The van der Waals surface area contributed by atoms with Crippen LogP contribution in [0.15, 0.2) is 47.6 Å². The highest BCUT2D eigenvalue weighted by molar-refractivity contribution is 5.94. The standard InChI is InChI=1S/C15H12FN3O3/c1-10-2-3-11(8-14(10)19(21)22)9-17-18-15(20)12-4-6-13(16)7-5-12/h2-9H,1H3,(H,18,20)/b17-9-. The van der Waals surface area contributed by atoms with Crippen molar-refractivity contribution >= 4 is 17.8 Å². The number of hydrogen-bond donors (Lipinski definition) is 1. The number of nitro groups is 1. The normalized spacial score (nSPS) is 10.6. The summed E-state index contributed by atoms with van der Waals surface area (Å²) in [5.74, 6) is -0.940. The van der Waals surface area contributed by atoms with Crippen LogP contribution in [0.1, 0.15) is 21.5 Å². The molecule has 2 aromatic rings. The fourth-order valence-corrected chi connectivity index (χ4v) is 1.73. The molecule has 112 valence electrons. The highest BCUT2D eigenvalue weighted by Crippen LogP contribution is 2.18. The number of rotatable bonds is 4. The van der Waals surface area contributed by atoms with Crippen LogP contribution >= 0.6 is 0 Å². The molecule has 0 atom stereocenters. The fourth-order valence-electron chi connectivity index (χ4n) is 1.73. The van der Waals surface area contributed by atoms with Crippen LogP contribution < -0.4 is 5.43 Å². The Bertz CT molecular complexity index is 742. The van der Waals surface area contributed by atoms with Gasteiger partial charge in [-0.3, -0.25) is 14.9 Å². The van der Waals surface area contributed by atoms with E-state index in [0.717, 1.165) is 0 Å². The summed E-state index contributed by atoms with van der Waals surface area (Å²) < 4.78 is 12.7. The Morgan fingerprint density at radius 2 is 1.95 bits per heavy atom. The van der Waals surface area contributed by atoms with Crippen LogP contribution in [0, 0.1) is 22.9 Å². The molecule has 0 heterocycles. The van der Waals surface area contributed by atoms with E-state index in [1.807, 2.05) is 0 Å². The second kappa shape index (κ2) is 6.57. The molecule has 22 heavy (non-hydrogen) atoms. The predicted molar refractivity (Wildman–Crippen MR) is 79.3 cm³/mol. The zero-order valence-corrected chi connectivity index (χ0v) is 11.6. The van der Waals surface area contributed by atoms with Gasteiger partial charge in [-0.25, -0.2) is 9.82 Å². The van der Waals surface area contributed by atoms with Crippen molar-refractivity contribution < 1.29 is 14.1 Å². The highest BCUT2D eigenvalue weighted by atomic mass is 19.1. The first-order valence-corrected chi connectivity index (χ1v) is 6.31. The molecule has 0 radical (unpaired) electrons. The van der Waals surface area contributed by atoms with Crippen LogP contribution in [0.2, 0.25) is 0 Å². The Kier molecular flexibility index (Phi) is 4.57. The maximum absolute atomic E-state index is 12.7. The minimum absolute atomic E-state index is 0.0196. The monoisotopic (exact) mass is 301 g/mol. The van der Waals surface area contributed by atoms with E-state index in [9.17, 15) is 19.3 Å². The molecule has 2 aromatic carbocycles. The Hall–Kier alpha value is -3.09. The lowest BCUT2D eigenvalue weighted by Gasteiger charge is -2.00. The number of nitro benzene ring substituents is 1. The number of carbonyl (C=O) groups is 1. The Morgan fingerprint density at radius 1 is 1.27 bits per heavy atom. The van der Waals surface area contributed by atoms with E-state index in [1.165, 1.54) is 36.5 Å². The highest BCUT2D eigenvalue weighted by Gasteiger charge is 2.10. The van der Waals surface area contributed by atoms with Crippen molar-refractivity contribution in [1.82, 2.24) is 5.43 Å². The van der Waals surface area contributed by atoms with Gasteiger partial charge in [0.25, 0.3) is 11.6 Å².